The van der Waals surface area contributed by atoms with Crippen molar-refractivity contribution in [2.75, 3.05) is 44.4 Å². The summed E-state index contributed by atoms with van der Waals surface area (Å²) in [6.45, 7) is 7.53. The molecule has 1 N–H and O–H groups in total. The maximum absolute atomic E-state index is 13.8. The lowest BCUT2D eigenvalue weighted by atomic mass is 10.00. The predicted molar refractivity (Wildman–Crippen MR) is 127 cm³/mol. The summed E-state index contributed by atoms with van der Waals surface area (Å²) < 4.78 is 25.4. The Kier molecular flexibility index (Phi) is 7.36. The van der Waals surface area contributed by atoms with Crippen molar-refractivity contribution in [2.24, 2.45) is 5.92 Å². The maximum Gasteiger partial charge on any atom is 0.343 e. The van der Waals surface area contributed by atoms with E-state index in [1.807, 2.05) is 11.8 Å². The molecule has 3 aromatic heterocycles. The van der Waals surface area contributed by atoms with Crippen molar-refractivity contribution in [2.45, 2.75) is 20.8 Å². The van der Waals surface area contributed by atoms with Gasteiger partial charge in [-0.3, -0.25) is 14.2 Å². The molecule has 0 spiro atoms. The van der Waals surface area contributed by atoms with E-state index in [0.717, 1.165) is 17.5 Å². The van der Waals surface area contributed by atoms with Crippen molar-refractivity contribution in [3.05, 3.63) is 39.0 Å². The number of ether oxygens (including phenoxy) is 2. The van der Waals surface area contributed by atoms with Gasteiger partial charge in [0.1, 0.15) is 5.56 Å². The molecule has 3 aromatic rings. The second-order valence-corrected chi connectivity index (χ2v) is 8.77. The van der Waals surface area contributed by atoms with Crippen LogP contribution in [0.3, 0.4) is 0 Å². The molecule has 0 unspecified atom stereocenters. The fourth-order valence-corrected chi connectivity index (χ4v) is 4.33. The van der Waals surface area contributed by atoms with Crippen LogP contribution in [0.1, 0.15) is 29.9 Å². The number of hydrogen-bond acceptors (Lipinski definition) is 10. The summed E-state index contributed by atoms with van der Waals surface area (Å²) in [5.74, 6) is -0.776. The molecular formula is C22H25FN6O5S. The standard InChI is InChI=1S/C22H25FN6O5S/c1-4-33-7-6-24-19(31)13-9-28(10-13)21-26-12(3)16-17(30)14(20(32)34-5-2)11-29(18(16)27-21)22-25-8-15(23)35-22/h8,11,13H,4-7,9-10H2,1-3H3,(H,24,31). The third-order valence-corrected chi connectivity index (χ3v) is 6.25. The Morgan fingerprint density at radius 2 is 2.03 bits per heavy atom. The predicted octanol–water partition coefficient (Wildman–Crippen LogP) is 1.45. The molecule has 4 heterocycles. The van der Waals surface area contributed by atoms with Crippen LogP contribution in [0.4, 0.5) is 10.3 Å². The highest BCUT2D eigenvalue weighted by atomic mass is 32.1. The molecule has 13 heteroatoms. The number of anilines is 1. The number of carbonyl (C=O) groups excluding carboxylic acids is 2. The van der Waals surface area contributed by atoms with E-state index in [9.17, 15) is 18.8 Å². The highest BCUT2D eigenvalue weighted by Gasteiger charge is 2.35. The first kappa shape index (κ1) is 24.7. The Morgan fingerprint density at radius 1 is 1.26 bits per heavy atom. The number of nitrogens with zero attached hydrogens (tertiary/aromatic N) is 5. The number of carbonyl (C=O) groups is 2. The fourth-order valence-electron chi connectivity index (χ4n) is 3.71. The number of hydrogen-bond donors (Lipinski definition) is 1. The molecule has 0 aromatic carbocycles. The maximum atomic E-state index is 13.8. The Morgan fingerprint density at radius 3 is 2.69 bits per heavy atom. The summed E-state index contributed by atoms with van der Waals surface area (Å²) in [5, 5.41) is 2.61. The number of esters is 1. The fraction of sp³-hybridized carbons (Fsp3) is 0.455. The average molecular weight is 505 g/mol. The molecule has 0 radical (unpaired) electrons. The normalized spacial score (nSPS) is 13.7. The Balaban J connectivity index is 1.67. The average Bonchev–Trinajstić information content (AvgIpc) is 3.22. The highest BCUT2D eigenvalue weighted by Crippen LogP contribution is 2.27. The van der Waals surface area contributed by atoms with Crippen molar-refractivity contribution >= 4 is 40.2 Å². The molecule has 11 nitrogen and oxygen atoms in total. The van der Waals surface area contributed by atoms with Crippen LogP contribution in [0.25, 0.3) is 16.2 Å². The number of amides is 1. The summed E-state index contributed by atoms with van der Waals surface area (Å²) >= 11 is 0.744. The third kappa shape index (κ3) is 5.00. The quantitative estimate of drug-likeness (QED) is 0.340. The smallest absolute Gasteiger partial charge is 0.343 e. The minimum atomic E-state index is -0.797. The van der Waals surface area contributed by atoms with E-state index in [-0.39, 0.29) is 40.2 Å². The molecule has 35 heavy (non-hydrogen) atoms. The second kappa shape index (κ2) is 10.4. The van der Waals surface area contributed by atoms with E-state index in [1.54, 1.807) is 13.8 Å². The van der Waals surface area contributed by atoms with Crippen molar-refractivity contribution < 1.29 is 23.5 Å². The van der Waals surface area contributed by atoms with Crippen LogP contribution < -0.4 is 15.6 Å². The van der Waals surface area contributed by atoms with Gasteiger partial charge in [0.2, 0.25) is 17.3 Å². The van der Waals surface area contributed by atoms with E-state index >= 15 is 0 Å². The number of aromatic nitrogens is 4. The zero-order valence-corrected chi connectivity index (χ0v) is 20.4. The van der Waals surface area contributed by atoms with Gasteiger partial charge < -0.3 is 19.7 Å². The third-order valence-electron chi connectivity index (χ3n) is 5.47. The van der Waals surface area contributed by atoms with Gasteiger partial charge in [-0.1, -0.05) is 11.3 Å². The molecule has 1 amide bonds. The van der Waals surface area contributed by atoms with Crippen molar-refractivity contribution in [3.8, 4) is 5.13 Å². The van der Waals surface area contributed by atoms with Gasteiger partial charge in [0, 0.05) is 32.4 Å². The number of aryl methyl sites for hydroxylation is 1. The highest BCUT2D eigenvalue weighted by molar-refractivity contribution is 7.12. The van der Waals surface area contributed by atoms with Gasteiger partial charge in [-0.25, -0.2) is 14.8 Å². The number of halogens is 1. The van der Waals surface area contributed by atoms with Gasteiger partial charge in [0.05, 0.1) is 36.4 Å². The first-order valence-corrected chi connectivity index (χ1v) is 12.0. The molecule has 1 aliphatic heterocycles. The zero-order chi connectivity index (χ0) is 25.1. The van der Waals surface area contributed by atoms with Gasteiger partial charge in [-0.2, -0.15) is 9.37 Å². The Bertz CT molecular complexity index is 1320. The van der Waals surface area contributed by atoms with E-state index in [2.05, 4.69) is 20.3 Å². The number of fused-ring (bicyclic) bond motifs is 1. The first-order valence-electron chi connectivity index (χ1n) is 11.2. The number of nitrogens with one attached hydrogen (secondary N) is 1. The van der Waals surface area contributed by atoms with Gasteiger partial charge in [0.15, 0.2) is 15.9 Å². The van der Waals surface area contributed by atoms with Crippen LogP contribution in [0.5, 0.6) is 0 Å². The van der Waals surface area contributed by atoms with Gasteiger partial charge in [-0.15, -0.1) is 0 Å². The van der Waals surface area contributed by atoms with E-state index in [1.165, 1.54) is 10.8 Å². The van der Waals surface area contributed by atoms with Crippen LogP contribution in [-0.4, -0.2) is 70.9 Å². The first-order chi connectivity index (χ1) is 16.8. The largest absolute Gasteiger partial charge is 0.462 e. The molecule has 0 aliphatic carbocycles. The number of rotatable bonds is 9. The molecule has 1 fully saturated rings. The molecule has 0 atom stereocenters. The van der Waals surface area contributed by atoms with E-state index in [4.69, 9.17) is 9.47 Å². The summed E-state index contributed by atoms with van der Waals surface area (Å²) in [4.78, 5) is 52.8. The van der Waals surface area contributed by atoms with Crippen LogP contribution in [0, 0.1) is 18.0 Å². The molecule has 1 aliphatic rings. The van der Waals surface area contributed by atoms with E-state index in [0.29, 0.717) is 44.5 Å². The zero-order valence-electron chi connectivity index (χ0n) is 19.5. The number of pyridine rings is 1. The summed E-state index contributed by atoms with van der Waals surface area (Å²) in [7, 11) is 0. The molecule has 0 saturated carbocycles. The summed E-state index contributed by atoms with van der Waals surface area (Å²) in [5.41, 5.74) is -0.269. The molecule has 0 bridgehead atoms. The van der Waals surface area contributed by atoms with Gasteiger partial charge in [0.25, 0.3) is 0 Å². The summed E-state index contributed by atoms with van der Waals surface area (Å²) in [6.07, 6.45) is 2.31. The molecule has 186 valence electrons. The minimum Gasteiger partial charge on any atom is -0.462 e. The topological polar surface area (TPSA) is 129 Å². The lowest BCUT2D eigenvalue weighted by molar-refractivity contribution is -0.125. The van der Waals surface area contributed by atoms with Crippen molar-refractivity contribution in [3.63, 3.8) is 0 Å². The Hall–Kier alpha value is -3.45. The molecule has 1 saturated heterocycles. The monoisotopic (exact) mass is 504 g/mol. The molecular weight excluding hydrogens is 479 g/mol. The summed E-state index contributed by atoms with van der Waals surface area (Å²) in [6, 6.07) is 0. The van der Waals surface area contributed by atoms with Crippen LogP contribution in [-0.2, 0) is 14.3 Å². The van der Waals surface area contributed by atoms with Gasteiger partial charge in [-0.05, 0) is 20.8 Å². The van der Waals surface area contributed by atoms with E-state index < -0.39 is 16.5 Å². The van der Waals surface area contributed by atoms with Crippen molar-refractivity contribution in [1.29, 1.82) is 0 Å². The van der Waals surface area contributed by atoms with Crippen LogP contribution >= 0.6 is 11.3 Å². The molecule has 4 rings (SSSR count). The SMILES string of the molecule is CCOCCNC(=O)C1CN(c2nc(C)c3c(=O)c(C(=O)OCC)cn(-c4ncc(F)s4)c3n2)C1. The lowest BCUT2D eigenvalue weighted by Gasteiger charge is -2.38. The van der Waals surface area contributed by atoms with Crippen LogP contribution in [0.2, 0.25) is 0 Å². The number of thiazole rings is 1. The Labute approximate surface area is 203 Å². The second-order valence-electron chi connectivity index (χ2n) is 7.81. The lowest BCUT2D eigenvalue weighted by Crippen LogP contribution is -2.54. The van der Waals surface area contributed by atoms with Gasteiger partial charge >= 0.3 is 5.97 Å². The minimum absolute atomic E-state index is 0.0762. The van der Waals surface area contributed by atoms with Crippen molar-refractivity contribution in [1.82, 2.24) is 24.8 Å². The van der Waals surface area contributed by atoms with Crippen LogP contribution in [0.15, 0.2) is 17.2 Å².